The van der Waals surface area contributed by atoms with Crippen molar-refractivity contribution in [2.45, 2.75) is 6.04 Å². The van der Waals surface area contributed by atoms with Gasteiger partial charge in [-0.25, -0.2) is 4.90 Å². The first-order valence-electron chi connectivity index (χ1n) is 9.30. The number of para-hydroxylation sites is 1. The molecular weight excluding hydrogens is 388 g/mol. The summed E-state index contributed by atoms with van der Waals surface area (Å²) in [6, 6.07) is 12.6. The Morgan fingerprint density at radius 3 is 1.97 bits per heavy atom. The number of ketones is 2. The number of imide groups is 1. The van der Waals surface area contributed by atoms with Crippen LogP contribution in [0.25, 0.3) is 0 Å². The minimum atomic E-state index is -1.64. The van der Waals surface area contributed by atoms with Gasteiger partial charge in [0.15, 0.2) is 11.6 Å². The lowest BCUT2D eigenvalue weighted by Gasteiger charge is -2.18. The molecule has 2 aromatic rings. The van der Waals surface area contributed by atoms with Crippen molar-refractivity contribution in [2.75, 3.05) is 4.90 Å². The number of fused-ring (bicyclic) bond motifs is 2. The summed E-state index contributed by atoms with van der Waals surface area (Å²) < 4.78 is 0. The predicted octanol–water partition coefficient (Wildman–Crippen LogP) is 0.0607. The van der Waals surface area contributed by atoms with Crippen LogP contribution >= 0.6 is 0 Å². The van der Waals surface area contributed by atoms with Gasteiger partial charge in [0.05, 0.1) is 23.5 Å². The third kappa shape index (κ3) is 2.27. The summed E-state index contributed by atoms with van der Waals surface area (Å²) in [6.07, 6.45) is 0. The van der Waals surface area contributed by atoms with E-state index in [2.05, 4.69) is 4.99 Å². The second kappa shape index (κ2) is 6.28. The molecule has 0 radical (unpaired) electrons. The SMILES string of the molecule is O=C1c2ccccc2C(=O)C1C1=N[C@H](C(=O)[O-])[C@@H]2C(=O)N(c3ccccc3)C(=O)[C@H]12. The minimum absolute atomic E-state index is 0.169. The fraction of sp³-hybridized carbons (Fsp3) is 0.182. The maximum Gasteiger partial charge on any atom is 0.243 e. The second-order valence-corrected chi connectivity index (χ2v) is 7.38. The highest BCUT2D eigenvalue weighted by Crippen LogP contribution is 2.43. The van der Waals surface area contributed by atoms with Crippen LogP contribution in [0.3, 0.4) is 0 Å². The lowest BCUT2D eigenvalue weighted by Crippen LogP contribution is -2.42. The van der Waals surface area contributed by atoms with Gasteiger partial charge in [0.1, 0.15) is 12.0 Å². The molecule has 2 aromatic carbocycles. The molecular formula is C22H13N2O6-. The number of benzene rings is 2. The van der Waals surface area contributed by atoms with Gasteiger partial charge in [-0.15, -0.1) is 0 Å². The number of aliphatic carboxylic acids is 1. The first-order chi connectivity index (χ1) is 14.4. The summed E-state index contributed by atoms with van der Waals surface area (Å²) in [4.78, 5) is 68.7. The molecule has 2 aliphatic heterocycles. The maximum absolute atomic E-state index is 13.2. The molecule has 0 bridgehead atoms. The van der Waals surface area contributed by atoms with Crippen LogP contribution in [-0.4, -0.2) is 41.1 Å². The average Bonchev–Trinajstić information content (AvgIpc) is 3.33. The highest BCUT2D eigenvalue weighted by Gasteiger charge is 2.61. The number of carbonyl (C=O) groups excluding carboxylic acids is 5. The van der Waals surface area contributed by atoms with Gasteiger partial charge in [-0.3, -0.25) is 24.2 Å². The standard InChI is InChI=1S/C22H14N2O6/c25-18-11-8-4-5-9-12(11)19(26)15(18)16-13-14(17(23-16)22(29)30)21(28)24(20(13)27)10-6-2-1-3-7-10/h1-9,13-15,17H,(H,29,30)/p-1/t13-,14+,17-/m0/s1. The van der Waals surface area contributed by atoms with E-state index in [0.29, 0.717) is 0 Å². The van der Waals surface area contributed by atoms with Crippen LogP contribution in [0.4, 0.5) is 5.69 Å². The molecule has 1 saturated heterocycles. The Bertz CT molecular complexity index is 1150. The molecule has 30 heavy (non-hydrogen) atoms. The van der Waals surface area contributed by atoms with Crippen molar-refractivity contribution in [1.82, 2.24) is 0 Å². The van der Waals surface area contributed by atoms with E-state index in [4.69, 9.17) is 0 Å². The van der Waals surface area contributed by atoms with Gasteiger partial charge in [0, 0.05) is 16.8 Å². The van der Waals surface area contributed by atoms with Gasteiger partial charge in [0.2, 0.25) is 11.8 Å². The van der Waals surface area contributed by atoms with Crippen LogP contribution in [0.5, 0.6) is 0 Å². The van der Waals surface area contributed by atoms with E-state index in [1.54, 1.807) is 42.5 Å². The topological polar surface area (TPSA) is 124 Å². The van der Waals surface area contributed by atoms with E-state index >= 15 is 0 Å². The Labute approximate surface area is 169 Å². The molecule has 8 nitrogen and oxygen atoms in total. The number of carboxylic acid groups (broad SMARTS) is 1. The van der Waals surface area contributed by atoms with Gasteiger partial charge >= 0.3 is 0 Å². The minimum Gasteiger partial charge on any atom is -0.548 e. The fourth-order valence-electron chi connectivity index (χ4n) is 4.54. The molecule has 1 fully saturated rings. The van der Waals surface area contributed by atoms with Gasteiger partial charge in [-0.05, 0) is 12.1 Å². The molecule has 0 aromatic heterocycles. The molecule has 2 heterocycles. The molecule has 3 aliphatic rings. The summed E-state index contributed by atoms with van der Waals surface area (Å²) in [7, 11) is 0. The number of carbonyl (C=O) groups is 5. The quantitative estimate of drug-likeness (QED) is 0.529. The van der Waals surface area contributed by atoms with E-state index in [1.165, 1.54) is 12.1 Å². The third-order valence-corrected chi connectivity index (χ3v) is 5.83. The summed E-state index contributed by atoms with van der Waals surface area (Å²) in [5.41, 5.74) is 0.503. The van der Waals surface area contributed by atoms with Crippen LogP contribution in [0.1, 0.15) is 20.7 Å². The number of hydrogen-bond acceptors (Lipinski definition) is 7. The second-order valence-electron chi connectivity index (χ2n) is 7.38. The molecule has 3 atom stereocenters. The Morgan fingerprint density at radius 2 is 1.40 bits per heavy atom. The van der Waals surface area contributed by atoms with Gasteiger partial charge in [-0.2, -0.15) is 0 Å². The third-order valence-electron chi connectivity index (χ3n) is 5.83. The maximum atomic E-state index is 13.2. The zero-order valence-electron chi connectivity index (χ0n) is 15.3. The lowest BCUT2D eigenvalue weighted by molar-refractivity contribution is -0.308. The van der Waals surface area contributed by atoms with Crippen LogP contribution < -0.4 is 10.0 Å². The predicted molar refractivity (Wildman–Crippen MR) is 101 cm³/mol. The Balaban J connectivity index is 1.61. The number of aliphatic imine (C=N–C) groups is 1. The van der Waals surface area contributed by atoms with E-state index in [-0.39, 0.29) is 22.5 Å². The Morgan fingerprint density at radius 1 is 0.833 bits per heavy atom. The number of carboxylic acids is 1. The molecule has 5 rings (SSSR count). The van der Waals surface area contributed by atoms with Crippen molar-refractivity contribution < 1.29 is 29.1 Å². The Kier molecular flexibility index (Phi) is 3.79. The molecule has 0 saturated carbocycles. The molecule has 0 spiro atoms. The number of Topliss-reactive ketones (excluding diaryl/α,β-unsaturated/α-hetero) is 2. The summed E-state index contributed by atoms with van der Waals surface area (Å²) in [6.45, 7) is 0. The largest absolute Gasteiger partial charge is 0.548 e. The van der Waals surface area contributed by atoms with E-state index in [1.807, 2.05) is 0 Å². The monoisotopic (exact) mass is 401 g/mol. The van der Waals surface area contributed by atoms with Crippen LogP contribution in [-0.2, 0) is 14.4 Å². The van der Waals surface area contributed by atoms with Crippen molar-refractivity contribution in [2.24, 2.45) is 22.7 Å². The molecule has 8 heteroatoms. The molecule has 2 amide bonds. The normalized spacial score (nSPS) is 25.5. The van der Waals surface area contributed by atoms with Crippen molar-refractivity contribution >= 4 is 40.7 Å². The number of amides is 2. The van der Waals surface area contributed by atoms with Crippen LogP contribution in [0.15, 0.2) is 59.6 Å². The molecule has 148 valence electrons. The van der Waals surface area contributed by atoms with Crippen LogP contribution in [0.2, 0.25) is 0 Å². The zero-order chi connectivity index (χ0) is 21.2. The van der Waals surface area contributed by atoms with E-state index in [9.17, 15) is 29.1 Å². The van der Waals surface area contributed by atoms with Crippen molar-refractivity contribution in [3.8, 4) is 0 Å². The number of hydrogen-bond donors (Lipinski definition) is 0. The van der Waals surface area contributed by atoms with Crippen molar-refractivity contribution in [3.05, 3.63) is 65.7 Å². The summed E-state index contributed by atoms with van der Waals surface area (Å²) in [5.74, 6) is -8.22. The lowest BCUT2D eigenvalue weighted by atomic mass is 9.82. The highest BCUT2D eigenvalue weighted by molar-refractivity contribution is 6.41. The number of anilines is 1. The van der Waals surface area contributed by atoms with Crippen LogP contribution in [0, 0.1) is 17.8 Å². The fourth-order valence-corrected chi connectivity index (χ4v) is 4.54. The summed E-state index contributed by atoms with van der Waals surface area (Å²) >= 11 is 0. The van der Waals surface area contributed by atoms with E-state index < -0.39 is 53.1 Å². The van der Waals surface area contributed by atoms with Crippen molar-refractivity contribution in [1.29, 1.82) is 0 Å². The zero-order valence-corrected chi connectivity index (χ0v) is 15.3. The Hall–Kier alpha value is -3.94. The molecule has 0 N–H and O–H groups in total. The molecule has 0 unspecified atom stereocenters. The van der Waals surface area contributed by atoms with E-state index in [0.717, 1.165) is 4.90 Å². The first kappa shape index (κ1) is 18.1. The van der Waals surface area contributed by atoms with Gasteiger partial charge in [-0.1, -0.05) is 42.5 Å². The highest BCUT2D eigenvalue weighted by atomic mass is 16.4. The van der Waals surface area contributed by atoms with Gasteiger partial charge in [0.25, 0.3) is 0 Å². The molecule has 1 aliphatic carbocycles. The average molecular weight is 401 g/mol. The smallest absolute Gasteiger partial charge is 0.243 e. The van der Waals surface area contributed by atoms with Gasteiger partial charge < -0.3 is 9.90 Å². The number of nitrogens with zero attached hydrogens (tertiary/aromatic N) is 2. The van der Waals surface area contributed by atoms with Crippen molar-refractivity contribution in [3.63, 3.8) is 0 Å². The number of rotatable bonds is 3. The first-order valence-corrected chi connectivity index (χ1v) is 9.30. The summed E-state index contributed by atoms with van der Waals surface area (Å²) in [5, 5.41) is 11.7.